The third-order valence-electron chi connectivity index (χ3n) is 3.29. The van der Waals surface area contributed by atoms with Crippen LogP contribution < -0.4 is 10.1 Å². The van der Waals surface area contributed by atoms with Crippen LogP contribution in [0, 0.1) is 5.92 Å². The molecule has 1 aliphatic rings. The zero-order valence-electron chi connectivity index (χ0n) is 9.86. The summed E-state index contributed by atoms with van der Waals surface area (Å²) in [7, 11) is 1.66. The van der Waals surface area contributed by atoms with Crippen LogP contribution >= 0.6 is 0 Å². The van der Waals surface area contributed by atoms with Crippen LogP contribution in [0.4, 0.5) is 5.69 Å². The summed E-state index contributed by atoms with van der Waals surface area (Å²) in [5.41, 5.74) is 0.819. The molecule has 0 bridgehead atoms. The van der Waals surface area contributed by atoms with Crippen molar-refractivity contribution in [2.24, 2.45) is 5.92 Å². The molecule has 2 rings (SSSR count). The Morgan fingerprint density at radius 2 is 2.12 bits per heavy atom. The van der Waals surface area contributed by atoms with Crippen LogP contribution in [0.2, 0.25) is 0 Å². The molecule has 0 unspecified atom stereocenters. The highest BCUT2D eigenvalue weighted by molar-refractivity contribution is 5.58. The van der Waals surface area contributed by atoms with Crippen LogP contribution in [0.25, 0.3) is 0 Å². The topological polar surface area (TPSA) is 41.5 Å². The van der Waals surface area contributed by atoms with Gasteiger partial charge < -0.3 is 15.2 Å². The largest absolute Gasteiger partial charge is 0.495 e. The molecule has 2 N–H and O–H groups in total. The summed E-state index contributed by atoms with van der Waals surface area (Å²) in [5, 5.41) is 12.9. The Kier molecular flexibility index (Phi) is 3.06. The molecule has 88 valence electrons. The Morgan fingerprint density at radius 3 is 2.69 bits per heavy atom. The molecule has 0 amide bonds. The molecule has 3 nitrogen and oxygen atoms in total. The standard InChI is InChI=1S/C13H19NO2/c1-10-7-13(8-10,9-15)14-11-5-3-4-6-12(11)16-2/h3-6,10,14-15H,7-9H2,1-2H3. The average molecular weight is 221 g/mol. The lowest BCUT2D eigenvalue weighted by atomic mass is 9.69. The monoisotopic (exact) mass is 221 g/mol. The molecule has 16 heavy (non-hydrogen) atoms. The zero-order chi connectivity index (χ0) is 11.6. The summed E-state index contributed by atoms with van der Waals surface area (Å²) in [5.74, 6) is 1.52. The number of rotatable bonds is 4. The van der Waals surface area contributed by atoms with Crippen LogP contribution in [-0.4, -0.2) is 24.4 Å². The maximum Gasteiger partial charge on any atom is 0.141 e. The van der Waals surface area contributed by atoms with Gasteiger partial charge >= 0.3 is 0 Å². The van der Waals surface area contributed by atoms with Gasteiger partial charge in [0, 0.05) is 0 Å². The first-order valence-electron chi connectivity index (χ1n) is 5.71. The number of aliphatic hydroxyl groups is 1. The van der Waals surface area contributed by atoms with Crippen molar-refractivity contribution in [2.75, 3.05) is 19.0 Å². The van der Waals surface area contributed by atoms with Gasteiger partial charge in [-0.1, -0.05) is 19.1 Å². The van der Waals surface area contributed by atoms with Crippen molar-refractivity contribution in [3.8, 4) is 5.75 Å². The van der Waals surface area contributed by atoms with Gasteiger partial charge in [-0.2, -0.15) is 0 Å². The number of anilines is 1. The molecule has 1 aliphatic carbocycles. The zero-order valence-corrected chi connectivity index (χ0v) is 9.86. The van der Waals surface area contributed by atoms with Crippen molar-refractivity contribution >= 4 is 5.69 Å². The van der Waals surface area contributed by atoms with Crippen molar-refractivity contribution in [1.82, 2.24) is 0 Å². The molecule has 1 aromatic rings. The van der Waals surface area contributed by atoms with E-state index in [0.29, 0.717) is 5.92 Å². The first-order chi connectivity index (χ1) is 7.69. The third-order valence-corrected chi connectivity index (χ3v) is 3.29. The molecule has 0 aliphatic heterocycles. The van der Waals surface area contributed by atoms with E-state index in [4.69, 9.17) is 4.74 Å². The summed E-state index contributed by atoms with van der Waals surface area (Å²) in [6, 6.07) is 7.83. The first-order valence-corrected chi connectivity index (χ1v) is 5.71. The van der Waals surface area contributed by atoms with Gasteiger partial charge in [0.1, 0.15) is 5.75 Å². The Morgan fingerprint density at radius 1 is 1.44 bits per heavy atom. The normalized spacial score (nSPS) is 28.3. The predicted molar refractivity (Wildman–Crippen MR) is 64.8 cm³/mol. The Hall–Kier alpha value is -1.22. The van der Waals surface area contributed by atoms with Crippen LogP contribution in [0.1, 0.15) is 19.8 Å². The summed E-state index contributed by atoms with van der Waals surface area (Å²) in [6.45, 7) is 2.38. The second-order valence-corrected chi connectivity index (χ2v) is 4.78. The molecule has 0 aromatic heterocycles. The minimum Gasteiger partial charge on any atom is -0.495 e. The summed E-state index contributed by atoms with van der Waals surface area (Å²) >= 11 is 0. The van der Waals surface area contributed by atoms with Gasteiger partial charge in [-0.3, -0.25) is 0 Å². The summed E-state index contributed by atoms with van der Waals surface area (Å²) < 4.78 is 5.29. The minimum atomic E-state index is -0.145. The van der Waals surface area contributed by atoms with Gasteiger partial charge in [0.15, 0.2) is 0 Å². The molecule has 0 atom stereocenters. The lowest BCUT2D eigenvalue weighted by Crippen LogP contribution is -2.52. The van der Waals surface area contributed by atoms with Crippen LogP contribution in [-0.2, 0) is 0 Å². The van der Waals surface area contributed by atoms with E-state index in [0.717, 1.165) is 24.3 Å². The Balaban J connectivity index is 2.13. The van der Waals surface area contributed by atoms with Crippen LogP contribution in [0.15, 0.2) is 24.3 Å². The van der Waals surface area contributed by atoms with Crippen molar-refractivity contribution in [3.63, 3.8) is 0 Å². The fraction of sp³-hybridized carbons (Fsp3) is 0.538. The number of nitrogens with one attached hydrogen (secondary N) is 1. The molecular formula is C13H19NO2. The highest BCUT2D eigenvalue weighted by Crippen LogP contribution is 2.41. The molecule has 0 saturated heterocycles. The number of benzene rings is 1. The lowest BCUT2D eigenvalue weighted by Gasteiger charge is -2.46. The fourth-order valence-corrected chi connectivity index (χ4v) is 2.58. The van der Waals surface area contributed by atoms with E-state index in [1.165, 1.54) is 0 Å². The van der Waals surface area contributed by atoms with E-state index in [1.54, 1.807) is 7.11 Å². The second-order valence-electron chi connectivity index (χ2n) is 4.78. The number of para-hydroxylation sites is 2. The molecule has 1 fully saturated rings. The van der Waals surface area contributed by atoms with E-state index in [-0.39, 0.29) is 12.1 Å². The number of hydrogen-bond acceptors (Lipinski definition) is 3. The van der Waals surface area contributed by atoms with E-state index in [2.05, 4.69) is 12.2 Å². The Labute approximate surface area is 96.4 Å². The number of methoxy groups -OCH3 is 1. The van der Waals surface area contributed by atoms with Crippen molar-refractivity contribution in [2.45, 2.75) is 25.3 Å². The van der Waals surface area contributed by atoms with Crippen LogP contribution in [0.3, 0.4) is 0 Å². The van der Waals surface area contributed by atoms with Crippen molar-refractivity contribution in [3.05, 3.63) is 24.3 Å². The van der Waals surface area contributed by atoms with Crippen LogP contribution in [0.5, 0.6) is 5.75 Å². The maximum absolute atomic E-state index is 9.48. The molecular weight excluding hydrogens is 202 g/mol. The highest BCUT2D eigenvalue weighted by atomic mass is 16.5. The quantitative estimate of drug-likeness (QED) is 0.819. The maximum atomic E-state index is 9.48. The van der Waals surface area contributed by atoms with E-state index < -0.39 is 0 Å². The van der Waals surface area contributed by atoms with E-state index in [9.17, 15) is 5.11 Å². The SMILES string of the molecule is COc1ccccc1NC1(CO)CC(C)C1. The predicted octanol–water partition coefficient (Wildman–Crippen LogP) is 2.27. The van der Waals surface area contributed by atoms with Gasteiger partial charge in [0.05, 0.1) is 24.9 Å². The van der Waals surface area contributed by atoms with E-state index >= 15 is 0 Å². The summed E-state index contributed by atoms with van der Waals surface area (Å²) in [6.07, 6.45) is 2.03. The lowest BCUT2D eigenvalue weighted by molar-refractivity contribution is 0.0990. The van der Waals surface area contributed by atoms with Crippen molar-refractivity contribution < 1.29 is 9.84 Å². The van der Waals surface area contributed by atoms with E-state index in [1.807, 2.05) is 24.3 Å². The third kappa shape index (κ3) is 2.00. The number of aliphatic hydroxyl groups excluding tert-OH is 1. The molecule has 1 saturated carbocycles. The smallest absolute Gasteiger partial charge is 0.141 e. The first kappa shape index (κ1) is 11.3. The van der Waals surface area contributed by atoms with Gasteiger partial charge in [0.25, 0.3) is 0 Å². The second kappa shape index (κ2) is 4.34. The van der Waals surface area contributed by atoms with Gasteiger partial charge in [-0.25, -0.2) is 0 Å². The minimum absolute atomic E-state index is 0.145. The van der Waals surface area contributed by atoms with Gasteiger partial charge in [-0.15, -0.1) is 0 Å². The van der Waals surface area contributed by atoms with Gasteiger partial charge in [-0.05, 0) is 30.9 Å². The highest BCUT2D eigenvalue weighted by Gasteiger charge is 2.41. The number of ether oxygens (including phenoxy) is 1. The molecule has 3 heteroatoms. The fourth-order valence-electron chi connectivity index (χ4n) is 2.58. The summed E-state index contributed by atoms with van der Waals surface area (Å²) in [4.78, 5) is 0. The van der Waals surface area contributed by atoms with Crippen molar-refractivity contribution in [1.29, 1.82) is 0 Å². The molecule has 1 aromatic carbocycles. The Bertz CT molecular complexity index is 359. The molecule has 0 spiro atoms. The molecule has 0 heterocycles. The average Bonchev–Trinajstić information content (AvgIpc) is 2.27. The van der Waals surface area contributed by atoms with Gasteiger partial charge in [0.2, 0.25) is 0 Å². The molecule has 0 radical (unpaired) electrons. The number of hydrogen-bond donors (Lipinski definition) is 2.